The van der Waals surface area contributed by atoms with E-state index in [2.05, 4.69) is 56.6 Å². The molecule has 2 atom stereocenters. The largest absolute Gasteiger partial charge is 0.366 e. The van der Waals surface area contributed by atoms with Crippen LogP contribution in [0.25, 0.3) is 5.65 Å². The van der Waals surface area contributed by atoms with E-state index in [0.29, 0.717) is 5.92 Å². The number of aromatic nitrogens is 4. The summed E-state index contributed by atoms with van der Waals surface area (Å²) >= 11 is 0. The third kappa shape index (κ3) is 2.76. The molecule has 0 unspecified atom stereocenters. The maximum atomic E-state index is 6.47. The highest BCUT2D eigenvalue weighted by atomic mass is 16.5. The molecule has 0 amide bonds. The van der Waals surface area contributed by atoms with Crippen molar-refractivity contribution in [3.63, 3.8) is 0 Å². The predicted octanol–water partition coefficient (Wildman–Crippen LogP) is 2.79. The van der Waals surface area contributed by atoms with Gasteiger partial charge in [-0.2, -0.15) is 9.61 Å². The van der Waals surface area contributed by atoms with Crippen LogP contribution in [0.1, 0.15) is 30.2 Å². The number of hydrogen-bond acceptors (Lipinski definition) is 5. The Labute approximate surface area is 146 Å². The monoisotopic (exact) mass is 335 g/mol. The Bertz CT molecular complexity index is 889. The lowest BCUT2D eigenvalue weighted by atomic mass is 10.0. The van der Waals surface area contributed by atoms with Gasteiger partial charge in [-0.15, -0.1) is 10.2 Å². The number of nitrogens with zero attached hydrogens (tertiary/aromatic N) is 5. The minimum absolute atomic E-state index is 0.0805. The Balaban J connectivity index is 1.53. The van der Waals surface area contributed by atoms with Gasteiger partial charge in [0.05, 0.1) is 17.5 Å². The summed E-state index contributed by atoms with van der Waals surface area (Å²) in [5, 5.41) is 12.8. The fraction of sp³-hybridized carbons (Fsp3) is 0.421. The molecule has 3 heterocycles. The van der Waals surface area contributed by atoms with Crippen molar-refractivity contribution in [2.45, 2.75) is 32.0 Å². The van der Waals surface area contributed by atoms with Gasteiger partial charge in [-0.25, -0.2) is 0 Å². The van der Waals surface area contributed by atoms with Gasteiger partial charge in [-0.1, -0.05) is 30.3 Å². The summed E-state index contributed by atoms with van der Waals surface area (Å²) in [5.41, 5.74) is 4.11. The number of benzene rings is 1. The van der Waals surface area contributed by atoms with Crippen LogP contribution in [0.4, 0.5) is 5.69 Å². The van der Waals surface area contributed by atoms with Crippen molar-refractivity contribution in [1.82, 2.24) is 19.8 Å². The maximum absolute atomic E-state index is 6.47. The zero-order valence-electron chi connectivity index (χ0n) is 14.2. The molecule has 3 aromatic rings. The van der Waals surface area contributed by atoms with E-state index in [4.69, 9.17) is 4.74 Å². The second kappa shape index (κ2) is 5.81. The SMILES string of the molecule is Cc1cc(N2C[C@@H](c3ccccc3)O[C@@H](C3CC3)C2)c2nncn2n1. The van der Waals surface area contributed by atoms with Gasteiger partial charge in [0.1, 0.15) is 12.4 Å². The first kappa shape index (κ1) is 14.8. The molecule has 0 radical (unpaired) electrons. The zero-order valence-corrected chi connectivity index (χ0v) is 14.2. The highest BCUT2D eigenvalue weighted by molar-refractivity contribution is 5.68. The molecule has 0 bridgehead atoms. The normalized spacial score (nSPS) is 24.0. The molecular weight excluding hydrogens is 314 g/mol. The summed E-state index contributed by atoms with van der Waals surface area (Å²) in [7, 11) is 0. The van der Waals surface area contributed by atoms with Crippen molar-refractivity contribution < 1.29 is 4.74 Å². The van der Waals surface area contributed by atoms with E-state index in [0.717, 1.165) is 30.1 Å². The molecule has 2 fully saturated rings. The fourth-order valence-electron chi connectivity index (χ4n) is 3.73. The van der Waals surface area contributed by atoms with E-state index >= 15 is 0 Å². The van der Waals surface area contributed by atoms with Crippen LogP contribution in [0.15, 0.2) is 42.7 Å². The molecule has 6 nitrogen and oxygen atoms in total. The first-order valence-corrected chi connectivity index (χ1v) is 8.91. The molecule has 25 heavy (non-hydrogen) atoms. The average molecular weight is 335 g/mol. The molecule has 1 saturated heterocycles. The summed E-state index contributed by atoms with van der Waals surface area (Å²) in [6, 6.07) is 12.6. The number of rotatable bonds is 3. The molecule has 1 aliphatic heterocycles. The van der Waals surface area contributed by atoms with Gasteiger partial charge in [0, 0.05) is 13.1 Å². The zero-order chi connectivity index (χ0) is 16.8. The molecule has 5 rings (SSSR count). The van der Waals surface area contributed by atoms with Gasteiger partial charge < -0.3 is 9.64 Å². The molecule has 0 spiro atoms. The standard InChI is InChI=1S/C19H21N5O/c1-13-9-16(19-21-20-12-24(19)22-13)23-10-17(14-5-3-2-4-6-14)25-18(11-23)15-7-8-15/h2-6,9,12,15,17-18H,7-8,10-11H2,1H3/t17-,18+/m0/s1. The smallest absolute Gasteiger partial charge is 0.200 e. The van der Waals surface area contributed by atoms with Crippen LogP contribution >= 0.6 is 0 Å². The van der Waals surface area contributed by atoms with Crippen molar-refractivity contribution in [2.24, 2.45) is 5.92 Å². The van der Waals surface area contributed by atoms with Crippen LogP contribution in [-0.4, -0.2) is 39.0 Å². The van der Waals surface area contributed by atoms with E-state index in [1.165, 1.54) is 18.4 Å². The van der Waals surface area contributed by atoms with Crippen LogP contribution in [-0.2, 0) is 4.74 Å². The summed E-state index contributed by atoms with van der Waals surface area (Å²) in [5.74, 6) is 0.686. The third-order valence-electron chi connectivity index (χ3n) is 5.16. The predicted molar refractivity (Wildman–Crippen MR) is 94.5 cm³/mol. The van der Waals surface area contributed by atoms with Crippen molar-refractivity contribution in [1.29, 1.82) is 0 Å². The third-order valence-corrected chi connectivity index (χ3v) is 5.16. The van der Waals surface area contributed by atoms with Gasteiger partial charge in [0.25, 0.3) is 0 Å². The highest BCUT2D eigenvalue weighted by Crippen LogP contribution is 2.40. The highest BCUT2D eigenvalue weighted by Gasteiger charge is 2.39. The van der Waals surface area contributed by atoms with Crippen LogP contribution in [0, 0.1) is 12.8 Å². The molecule has 2 aromatic heterocycles. The second-order valence-corrected chi connectivity index (χ2v) is 7.09. The molecule has 0 N–H and O–H groups in total. The van der Waals surface area contributed by atoms with Crippen LogP contribution in [0.5, 0.6) is 0 Å². The van der Waals surface area contributed by atoms with Gasteiger partial charge in [0.15, 0.2) is 0 Å². The van der Waals surface area contributed by atoms with Gasteiger partial charge in [-0.05, 0) is 37.3 Å². The van der Waals surface area contributed by atoms with Crippen LogP contribution < -0.4 is 4.90 Å². The number of hydrogen-bond donors (Lipinski definition) is 0. The number of ether oxygens (including phenoxy) is 1. The van der Waals surface area contributed by atoms with Crippen LogP contribution in [0.3, 0.4) is 0 Å². The van der Waals surface area contributed by atoms with E-state index in [1.54, 1.807) is 10.8 Å². The van der Waals surface area contributed by atoms with Gasteiger partial charge in [0.2, 0.25) is 5.65 Å². The second-order valence-electron chi connectivity index (χ2n) is 7.09. The number of anilines is 1. The summed E-state index contributed by atoms with van der Waals surface area (Å²) in [6.07, 6.45) is 4.57. The molecule has 1 aromatic carbocycles. The van der Waals surface area contributed by atoms with Crippen molar-refractivity contribution in [3.8, 4) is 0 Å². The lowest BCUT2D eigenvalue weighted by Gasteiger charge is -2.39. The Morgan fingerprint density at radius 1 is 1.12 bits per heavy atom. The summed E-state index contributed by atoms with van der Waals surface area (Å²) in [4.78, 5) is 2.41. The van der Waals surface area contributed by atoms with Crippen molar-refractivity contribution >= 4 is 11.3 Å². The van der Waals surface area contributed by atoms with E-state index in [1.807, 2.05) is 6.92 Å². The number of morpholine rings is 1. The number of fused-ring (bicyclic) bond motifs is 1. The van der Waals surface area contributed by atoms with Gasteiger partial charge in [-0.3, -0.25) is 0 Å². The van der Waals surface area contributed by atoms with Crippen molar-refractivity contribution in [2.75, 3.05) is 18.0 Å². The average Bonchev–Trinajstić information content (AvgIpc) is 3.40. The van der Waals surface area contributed by atoms with Gasteiger partial charge >= 0.3 is 0 Å². The molecule has 1 saturated carbocycles. The molecule has 2 aliphatic rings. The Morgan fingerprint density at radius 3 is 2.76 bits per heavy atom. The summed E-state index contributed by atoms with van der Waals surface area (Å²) in [6.45, 7) is 3.73. The minimum Gasteiger partial charge on any atom is -0.366 e. The Morgan fingerprint density at radius 2 is 1.96 bits per heavy atom. The Hall–Kier alpha value is -2.47. The van der Waals surface area contributed by atoms with E-state index in [-0.39, 0.29) is 12.2 Å². The lowest BCUT2D eigenvalue weighted by molar-refractivity contribution is -0.0384. The molecule has 6 heteroatoms. The Kier molecular flexibility index (Phi) is 3.45. The molecule has 128 valence electrons. The lowest BCUT2D eigenvalue weighted by Crippen LogP contribution is -2.45. The topological polar surface area (TPSA) is 55.5 Å². The molecule has 1 aliphatic carbocycles. The first-order chi connectivity index (χ1) is 12.3. The molecular formula is C19H21N5O. The van der Waals surface area contributed by atoms with Crippen LogP contribution in [0.2, 0.25) is 0 Å². The van der Waals surface area contributed by atoms with E-state index < -0.39 is 0 Å². The quantitative estimate of drug-likeness (QED) is 0.737. The van der Waals surface area contributed by atoms with Crippen molar-refractivity contribution in [3.05, 3.63) is 54.0 Å². The summed E-state index contributed by atoms with van der Waals surface area (Å²) < 4.78 is 8.24. The maximum Gasteiger partial charge on any atom is 0.200 e. The minimum atomic E-state index is 0.0805. The van der Waals surface area contributed by atoms with E-state index in [9.17, 15) is 0 Å². The number of aryl methyl sites for hydroxylation is 1. The first-order valence-electron chi connectivity index (χ1n) is 8.91. The fourth-order valence-corrected chi connectivity index (χ4v) is 3.73.